The summed E-state index contributed by atoms with van der Waals surface area (Å²) >= 11 is 0. The maximum atomic E-state index is 9.53. The lowest BCUT2D eigenvalue weighted by Gasteiger charge is -2.27. The van der Waals surface area contributed by atoms with Gasteiger partial charge in [0.2, 0.25) is 5.96 Å². The molecule has 7 N–H and O–H groups in total. The van der Waals surface area contributed by atoms with E-state index in [-0.39, 0.29) is 29.6 Å². The second-order valence-electron chi connectivity index (χ2n) is 6.85. The van der Waals surface area contributed by atoms with Crippen LogP contribution in [0.4, 0.5) is 17.3 Å². The summed E-state index contributed by atoms with van der Waals surface area (Å²) in [6.07, 6.45) is 1.84. The molecule has 0 bridgehead atoms. The van der Waals surface area contributed by atoms with Crippen molar-refractivity contribution in [3.63, 3.8) is 0 Å². The number of aliphatic hydroxyl groups excluding tert-OH is 1. The molecule has 1 unspecified atom stereocenters. The number of nitrogen functional groups attached to an aromatic ring is 2. The van der Waals surface area contributed by atoms with E-state index in [4.69, 9.17) is 16.7 Å². The van der Waals surface area contributed by atoms with Crippen LogP contribution in [-0.2, 0) is 6.61 Å². The highest BCUT2D eigenvalue weighted by atomic mass is 16.3. The Morgan fingerprint density at radius 3 is 2.68 bits per heavy atom. The van der Waals surface area contributed by atoms with Gasteiger partial charge in [-0.05, 0) is 28.3 Å². The van der Waals surface area contributed by atoms with Crippen LogP contribution in [-0.4, -0.2) is 16.1 Å². The molecule has 3 aromatic rings. The summed E-state index contributed by atoms with van der Waals surface area (Å²) in [5, 5.41) is 33.5. The fraction of sp³-hybridized carbons (Fsp3) is 0.0909. The molecule has 1 aliphatic rings. The Bertz CT molecular complexity index is 1290. The number of anilines is 3. The van der Waals surface area contributed by atoms with Crippen LogP contribution >= 0.6 is 0 Å². The standard InChI is InChI=1S/C22H18N8O/c23-9-16-18(25)17-19(28-22(27-11-24)30-21(17)29-20(16)26)15-7-2-1-6-14(15)13-5-3-4-12(8-13)10-31/h1-8,19,31H,10H2,(H6,25,26,27,28,29,30). The number of nitrogens with one attached hydrogen (secondary N) is 2. The van der Waals surface area contributed by atoms with Crippen molar-refractivity contribution in [2.24, 2.45) is 4.99 Å². The third kappa shape index (κ3) is 3.46. The maximum Gasteiger partial charge on any atom is 0.211 e. The van der Waals surface area contributed by atoms with E-state index in [0.717, 1.165) is 22.3 Å². The number of fused-ring (bicyclic) bond motifs is 1. The van der Waals surface area contributed by atoms with E-state index in [1.807, 2.05) is 60.8 Å². The lowest BCUT2D eigenvalue weighted by atomic mass is 9.89. The molecule has 9 nitrogen and oxygen atoms in total. The topological polar surface area (TPSA) is 169 Å². The number of aliphatic hydroxyl groups is 1. The van der Waals surface area contributed by atoms with Crippen LogP contribution in [0, 0.1) is 22.8 Å². The normalized spacial score (nSPS) is 14.4. The third-order valence-corrected chi connectivity index (χ3v) is 5.03. The molecule has 9 heteroatoms. The minimum absolute atomic E-state index is 0.00728. The van der Waals surface area contributed by atoms with Gasteiger partial charge in [0, 0.05) is 5.56 Å². The summed E-state index contributed by atoms with van der Waals surface area (Å²) in [5.41, 5.74) is 16.3. The fourth-order valence-corrected chi connectivity index (χ4v) is 3.64. The number of benzene rings is 2. The van der Waals surface area contributed by atoms with Crippen LogP contribution < -0.4 is 22.1 Å². The van der Waals surface area contributed by atoms with Crippen molar-refractivity contribution in [3.05, 3.63) is 70.8 Å². The van der Waals surface area contributed by atoms with Crippen LogP contribution in [0.15, 0.2) is 53.5 Å². The molecule has 152 valence electrons. The van der Waals surface area contributed by atoms with Gasteiger partial charge < -0.3 is 21.9 Å². The largest absolute Gasteiger partial charge is 0.397 e. The zero-order valence-corrected chi connectivity index (χ0v) is 16.3. The van der Waals surface area contributed by atoms with Gasteiger partial charge in [0.15, 0.2) is 6.19 Å². The first-order chi connectivity index (χ1) is 15.1. The van der Waals surface area contributed by atoms with Crippen LogP contribution in [0.5, 0.6) is 0 Å². The van der Waals surface area contributed by atoms with E-state index in [1.54, 1.807) is 0 Å². The van der Waals surface area contributed by atoms with Crippen LogP contribution in [0.2, 0.25) is 0 Å². The first-order valence-electron chi connectivity index (χ1n) is 9.35. The van der Waals surface area contributed by atoms with Crippen molar-refractivity contribution in [1.29, 1.82) is 10.5 Å². The number of nitrogens with two attached hydrogens (primary N) is 2. The monoisotopic (exact) mass is 410 g/mol. The Labute approximate surface area is 178 Å². The van der Waals surface area contributed by atoms with E-state index in [9.17, 15) is 10.4 Å². The van der Waals surface area contributed by atoms with Crippen molar-refractivity contribution >= 4 is 23.3 Å². The summed E-state index contributed by atoms with van der Waals surface area (Å²) < 4.78 is 0. The fourth-order valence-electron chi connectivity index (χ4n) is 3.64. The Hall–Kier alpha value is -4.60. The number of hydrogen-bond acceptors (Lipinski definition) is 9. The van der Waals surface area contributed by atoms with Crippen molar-refractivity contribution in [2.45, 2.75) is 12.6 Å². The highest BCUT2D eigenvalue weighted by Crippen LogP contribution is 2.43. The minimum Gasteiger partial charge on any atom is -0.397 e. The van der Waals surface area contributed by atoms with Gasteiger partial charge in [-0.2, -0.15) is 10.5 Å². The van der Waals surface area contributed by atoms with E-state index in [2.05, 4.69) is 20.6 Å². The van der Waals surface area contributed by atoms with Gasteiger partial charge >= 0.3 is 0 Å². The minimum atomic E-state index is -0.652. The molecule has 0 saturated carbocycles. The predicted octanol–water partition coefficient (Wildman–Crippen LogP) is 2.22. The molecule has 1 aromatic heterocycles. The lowest BCUT2D eigenvalue weighted by Crippen LogP contribution is -2.32. The molecule has 4 rings (SSSR count). The number of aliphatic imine (C=N–C) groups is 1. The van der Waals surface area contributed by atoms with E-state index in [1.165, 1.54) is 0 Å². The van der Waals surface area contributed by atoms with Gasteiger partial charge in [0.1, 0.15) is 29.3 Å². The van der Waals surface area contributed by atoms with Gasteiger partial charge in [-0.3, -0.25) is 5.32 Å². The van der Waals surface area contributed by atoms with E-state index in [0.29, 0.717) is 11.4 Å². The van der Waals surface area contributed by atoms with Crippen LogP contribution in [0.25, 0.3) is 11.1 Å². The van der Waals surface area contributed by atoms with Crippen molar-refractivity contribution < 1.29 is 5.11 Å². The molecular formula is C22H18N8O. The molecule has 1 aliphatic heterocycles. The molecule has 2 heterocycles. The van der Waals surface area contributed by atoms with Gasteiger partial charge in [0.25, 0.3) is 0 Å². The summed E-state index contributed by atoms with van der Waals surface area (Å²) in [5.74, 6) is 0.507. The average molecular weight is 410 g/mol. The third-order valence-electron chi connectivity index (χ3n) is 5.03. The highest BCUT2D eigenvalue weighted by Gasteiger charge is 2.31. The average Bonchev–Trinajstić information content (AvgIpc) is 2.79. The van der Waals surface area contributed by atoms with Crippen LogP contribution in [0.3, 0.4) is 0 Å². The van der Waals surface area contributed by atoms with Gasteiger partial charge in [-0.15, -0.1) is 0 Å². The number of aromatic nitrogens is 1. The molecule has 31 heavy (non-hydrogen) atoms. The number of nitrogens with zero attached hydrogens (tertiary/aromatic N) is 4. The lowest BCUT2D eigenvalue weighted by molar-refractivity contribution is 0.282. The SMILES string of the molecule is N#CNC1=NC(c2ccccc2-c2cccc(CO)c2)c2c(nc(N)c(C#N)c2N)N1. The summed E-state index contributed by atoms with van der Waals surface area (Å²) in [4.78, 5) is 8.91. The van der Waals surface area contributed by atoms with Gasteiger partial charge in [0.05, 0.1) is 12.3 Å². The molecule has 0 amide bonds. The maximum absolute atomic E-state index is 9.53. The van der Waals surface area contributed by atoms with Crippen molar-refractivity contribution in [2.75, 3.05) is 16.8 Å². The molecule has 0 fully saturated rings. The second kappa shape index (κ2) is 8.03. The molecule has 0 saturated heterocycles. The predicted molar refractivity (Wildman–Crippen MR) is 117 cm³/mol. The van der Waals surface area contributed by atoms with Crippen LogP contribution in [0.1, 0.15) is 28.3 Å². The van der Waals surface area contributed by atoms with Gasteiger partial charge in [-0.25, -0.2) is 9.98 Å². The van der Waals surface area contributed by atoms with Gasteiger partial charge in [-0.1, -0.05) is 42.5 Å². The molecule has 1 atom stereocenters. The zero-order chi connectivity index (χ0) is 22.0. The number of nitriles is 2. The smallest absolute Gasteiger partial charge is 0.211 e. The van der Waals surface area contributed by atoms with E-state index < -0.39 is 6.04 Å². The second-order valence-corrected chi connectivity index (χ2v) is 6.85. The van der Waals surface area contributed by atoms with Crippen molar-refractivity contribution in [1.82, 2.24) is 10.3 Å². The summed E-state index contributed by atoms with van der Waals surface area (Å²) in [6.45, 7) is -0.0811. The number of rotatable bonds is 3. The van der Waals surface area contributed by atoms with E-state index >= 15 is 0 Å². The number of pyridine rings is 1. The Kier molecular flexibility index (Phi) is 5.10. The molecule has 0 radical (unpaired) electrons. The molecule has 0 aliphatic carbocycles. The number of hydrogen-bond donors (Lipinski definition) is 5. The highest BCUT2D eigenvalue weighted by molar-refractivity contribution is 5.98. The first kappa shape index (κ1) is 19.7. The first-order valence-corrected chi connectivity index (χ1v) is 9.35. The van der Waals surface area contributed by atoms with Crippen molar-refractivity contribution in [3.8, 4) is 23.4 Å². The zero-order valence-electron chi connectivity index (χ0n) is 16.3. The Morgan fingerprint density at radius 1 is 1.13 bits per heavy atom. The number of guanidine groups is 1. The molecule has 0 spiro atoms. The Morgan fingerprint density at radius 2 is 1.94 bits per heavy atom. The Balaban J connectivity index is 1.97. The molecule has 2 aromatic carbocycles. The molecular weight excluding hydrogens is 392 g/mol. The quantitative estimate of drug-likeness (QED) is 0.323. The summed E-state index contributed by atoms with van der Waals surface area (Å²) in [6, 6.07) is 16.5. The summed E-state index contributed by atoms with van der Waals surface area (Å²) in [7, 11) is 0.